The maximum atomic E-state index is 12.5. The normalized spacial score (nSPS) is 18.9. The first kappa shape index (κ1) is 16.3. The Kier molecular flexibility index (Phi) is 5.18. The van der Waals surface area contributed by atoms with Crippen molar-refractivity contribution in [1.82, 2.24) is 4.90 Å². The molecule has 0 saturated carbocycles. The van der Waals surface area contributed by atoms with Crippen molar-refractivity contribution >= 4 is 40.3 Å². The van der Waals surface area contributed by atoms with Gasteiger partial charge in [0.1, 0.15) is 16.7 Å². The molecule has 1 saturated heterocycles. The molecule has 5 heteroatoms. The second kappa shape index (κ2) is 7.32. The molecule has 2 aliphatic heterocycles. The van der Waals surface area contributed by atoms with Crippen LogP contribution >= 0.6 is 24.0 Å². The van der Waals surface area contributed by atoms with E-state index in [-0.39, 0.29) is 5.91 Å². The van der Waals surface area contributed by atoms with E-state index in [4.69, 9.17) is 17.0 Å². The van der Waals surface area contributed by atoms with Gasteiger partial charge in [-0.25, -0.2) is 0 Å². The van der Waals surface area contributed by atoms with Gasteiger partial charge in [-0.2, -0.15) is 0 Å². The molecule has 2 aliphatic rings. The molecule has 3 nitrogen and oxygen atoms in total. The standard InChI is InChI=1S/C18H19NO2S2/c1-2-3-6-9-19-17(20)16(23-18(19)22)11-13-10-14-7-4-5-8-15(14)21-12-13/h4-5,7-8,10-11H,2-3,6,9,12H2,1H3/b16-11+. The minimum absolute atomic E-state index is 0.0239. The molecule has 1 aromatic rings. The fourth-order valence-corrected chi connectivity index (χ4v) is 3.92. The fraction of sp³-hybridized carbons (Fsp3) is 0.333. The number of benzene rings is 1. The van der Waals surface area contributed by atoms with Crippen LogP contribution in [-0.4, -0.2) is 28.3 Å². The Labute approximate surface area is 146 Å². The first-order chi connectivity index (χ1) is 11.2. The summed E-state index contributed by atoms with van der Waals surface area (Å²) in [5, 5.41) is 0. The SMILES string of the molecule is CCCCCN1C(=O)/C(=C\C2=Cc3ccccc3OC2)SC1=S. The van der Waals surface area contributed by atoms with E-state index in [1.165, 1.54) is 11.8 Å². The number of rotatable bonds is 5. The Bertz CT molecular complexity index is 694. The lowest BCUT2D eigenvalue weighted by atomic mass is 10.1. The van der Waals surface area contributed by atoms with E-state index in [0.717, 1.165) is 36.1 Å². The molecule has 1 amide bonds. The first-order valence-electron chi connectivity index (χ1n) is 7.87. The van der Waals surface area contributed by atoms with Crippen LogP contribution in [0.2, 0.25) is 0 Å². The number of hydrogen-bond donors (Lipinski definition) is 0. The van der Waals surface area contributed by atoms with E-state index in [1.54, 1.807) is 4.90 Å². The van der Waals surface area contributed by atoms with Gasteiger partial charge in [0, 0.05) is 12.1 Å². The van der Waals surface area contributed by atoms with Crippen LogP contribution in [0.4, 0.5) is 0 Å². The summed E-state index contributed by atoms with van der Waals surface area (Å²) in [5.41, 5.74) is 2.04. The Morgan fingerprint density at radius 2 is 2.17 bits per heavy atom. The van der Waals surface area contributed by atoms with Crippen molar-refractivity contribution in [2.75, 3.05) is 13.2 Å². The number of nitrogens with zero attached hydrogens (tertiary/aromatic N) is 1. The smallest absolute Gasteiger partial charge is 0.266 e. The van der Waals surface area contributed by atoms with E-state index in [1.807, 2.05) is 30.3 Å². The van der Waals surface area contributed by atoms with Crippen molar-refractivity contribution in [1.29, 1.82) is 0 Å². The molecular formula is C18H19NO2S2. The summed E-state index contributed by atoms with van der Waals surface area (Å²) >= 11 is 6.74. The van der Waals surface area contributed by atoms with Gasteiger partial charge in [-0.15, -0.1) is 0 Å². The molecule has 120 valence electrons. The fourth-order valence-electron chi connectivity index (χ4n) is 2.60. The average Bonchev–Trinajstić information content (AvgIpc) is 2.82. The molecule has 0 atom stereocenters. The lowest BCUT2D eigenvalue weighted by Gasteiger charge is -2.16. The highest BCUT2D eigenvalue weighted by Gasteiger charge is 2.31. The number of unbranched alkanes of at least 4 members (excludes halogenated alkanes) is 2. The van der Waals surface area contributed by atoms with Gasteiger partial charge in [0.25, 0.3) is 5.91 Å². The number of amides is 1. The van der Waals surface area contributed by atoms with Crippen molar-refractivity contribution in [3.63, 3.8) is 0 Å². The van der Waals surface area contributed by atoms with E-state index in [2.05, 4.69) is 13.0 Å². The van der Waals surface area contributed by atoms with E-state index >= 15 is 0 Å². The van der Waals surface area contributed by atoms with Crippen molar-refractivity contribution in [3.05, 3.63) is 46.4 Å². The zero-order valence-electron chi connectivity index (χ0n) is 13.1. The Morgan fingerprint density at radius 1 is 1.35 bits per heavy atom. The Morgan fingerprint density at radius 3 is 3.00 bits per heavy atom. The summed E-state index contributed by atoms with van der Waals surface area (Å²) in [4.78, 5) is 14.9. The number of carbonyl (C=O) groups excluding carboxylic acids is 1. The number of para-hydroxylation sites is 1. The second-order valence-corrected chi connectivity index (χ2v) is 7.26. The van der Waals surface area contributed by atoms with Gasteiger partial charge in [0.15, 0.2) is 0 Å². The molecule has 0 aliphatic carbocycles. The maximum absolute atomic E-state index is 12.5. The van der Waals surface area contributed by atoms with Gasteiger partial charge in [-0.05, 0) is 30.2 Å². The van der Waals surface area contributed by atoms with E-state index in [0.29, 0.717) is 22.4 Å². The lowest BCUT2D eigenvalue weighted by Crippen LogP contribution is -2.29. The molecule has 23 heavy (non-hydrogen) atoms. The van der Waals surface area contributed by atoms with Gasteiger partial charge >= 0.3 is 0 Å². The van der Waals surface area contributed by atoms with Crippen LogP contribution in [0.1, 0.15) is 31.7 Å². The van der Waals surface area contributed by atoms with Gasteiger partial charge < -0.3 is 4.74 Å². The molecule has 0 N–H and O–H groups in total. The molecule has 0 radical (unpaired) electrons. The van der Waals surface area contributed by atoms with Crippen LogP contribution in [-0.2, 0) is 4.79 Å². The van der Waals surface area contributed by atoms with Crippen molar-refractivity contribution in [2.45, 2.75) is 26.2 Å². The predicted molar refractivity (Wildman–Crippen MR) is 99.4 cm³/mol. The van der Waals surface area contributed by atoms with Crippen LogP contribution in [0.5, 0.6) is 5.75 Å². The highest BCUT2D eigenvalue weighted by atomic mass is 32.2. The zero-order chi connectivity index (χ0) is 16.2. The van der Waals surface area contributed by atoms with Crippen LogP contribution in [0, 0.1) is 0 Å². The van der Waals surface area contributed by atoms with Gasteiger partial charge in [-0.1, -0.05) is 61.9 Å². The molecule has 0 bridgehead atoms. The minimum atomic E-state index is 0.0239. The van der Waals surface area contributed by atoms with Crippen molar-refractivity contribution in [3.8, 4) is 5.75 Å². The number of thioether (sulfide) groups is 1. The average molecular weight is 345 g/mol. The number of fused-ring (bicyclic) bond motifs is 1. The predicted octanol–water partition coefficient (Wildman–Crippen LogP) is 4.40. The molecule has 2 heterocycles. The highest BCUT2D eigenvalue weighted by Crippen LogP contribution is 2.34. The zero-order valence-corrected chi connectivity index (χ0v) is 14.7. The summed E-state index contributed by atoms with van der Waals surface area (Å²) in [6.45, 7) is 3.35. The molecular weight excluding hydrogens is 326 g/mol. The molecule has 0 aromatic heterocycles. The number of hydrogen-bond acceptors (Lipinski definition) is 4. The Balaban J connectivity index is 1.75. The van der Waals surface area contributed by atoms with Crippen LogP contribution < -0.4 is 4.74 Å². The molecule has 3 rings (SSSR count). The largest absolute Gasteiger partial charge is 0.488 e. The lowest BCUT2D eigenvalue weighted by molar-refractivity contribution is -0.122. The highest BCUT2D eigenvalue weighted by molar-refractivity contribution is 8.26. The van der Waals surface area contributed by atoms with Crippen LogP contribution in [0.15, 0.2) is 40.8 Å². The van der Waals surface area contributed by atoms with Crippen LogP contribution in [0.3, 0.4) is 0 Å². The van der Waals surface area contributed by atoms with Gasteiger partial charge in [0.2, 0.25) is 0 Å². The molecule has 0 spiro atoms. The number of ether oxygens (including phenoxy) is 1. The third-order valence-corrected chi connectivity index (χ3v) is 5.21. The summed E-state index contributed by atoms with van der Waals surface area (Å²) < 4.78 is 6.40. The van der Waals surface area contributed by atoms with E-state index in [9.17, 15) is 4.79 Å². The molecule has 1 aromatic carbocycles. The minimum Gasteiger partial charge on any atom is -0.488 e. The van der Waals surface area contributed by atoms with E-state index < -0.39 is 0 Å². The molecule has 1 fully saturated rings. The topological polar surface area (TPSA) is 29.5 Å². The monoisotopic (exact) mass is 345 g/mol. The second-order valence-electron chi connectivity index (χ2n) is 5.59. The summed E-state index contributed by atoms with van der Waals surface area (Å²) in [5.74, 6) is 0.910. The first-order valence-corrected chi connectivity index (χ1v) is 9.09. The maximum Gasteiger partial charge on any atom is 0.266 e. The number of thiocarbonyl (C=S) groups is 1. The van der Waals surface area contributed by atoms with Gasteiger partial charge in [0.05, 0.1) is 4.91 Å². The Hall–Kier alpha value is -1.59. The third-order valence-electron chi connectivity index (χ3n) is 3.83. The third kappa shape index (κ3) is 3.67. The number of carbonyl (C=O) groups is 1. The van der Waals surface area contributed by atoms with Crippen molar-refractivity contribution < 1.29 is 9.53 Å². The quantitative estimate of drug-likeness (QED) is 0.449. The summed E-state index contributed by atoms with van der Waals surface area (Å²) in [6.07, 6.45) is 7.23. The van der Waals surface area contributed by atoms with Gasteiger partial charge in [-0.3, -0.25) is 9.69 Å². The molecule has 0 unspecified atom stereocenters. The van der Waals surface area contributed by atoms with Crippen molar-refractivity contribution in [2.24, 2.45) is 0 Å². The summed E-state index contributed by atoms with van der Waals surface area (Å²) in [6, 6.07) is 7.90. The van der Waals surface area contributed by atoms with Crippen LogP contribution in [0.25, 0.3) is 6.08 Å². The summed E-state index contributed by atoms with van der Waals surface area (Å²) in [7, 11) is 0.